The summed E-state index contributed by atoms with van der Waals surface area (Å²) >= 11 is 5.08. The first-order valence-corrected chi connectivity index (χ1v) is 11.3. The Kier molecular flexibility index (Phi) is 7.37. The van der Waals surface area contributed by atoms with Crippen LogP contribution in [0.4, 0.5) is 10.5 Å². The van der Waals surface area contributed by atoms with Gasteiger partial charge in [0, 0.05) is 12.1 Å². The van der Waals surface area contributed by atoms with Crippen molar-refractivity contribution in [1.29, 1.82) is 0 Å². The highest BCUT2D eigenvalue weighted by Gasteiger charge is 2.35. The van der Waals surface area contributed by atoms with Crippen LogP contribution in [0.15, 0.2) is 41.3 Å². The van der Waals surface area contributed by atoms with Crippen LogP contribution in [-0.2, 0) is 11.3 Å². The summed E-state index contributed by atoms with van der Waals surface area (Å²) in [6.45, 7) is 0.125. The van der Waals surface area contributed by atoms with Crippen LogP contribution >= 0.6 is 56.9 Å². The summed E-state index contributed by atoms with van der Waals surface area (Å²) in [6.07, 6.45) is 6.88. The smallest absolute Gasteiger partial charge is 0.293 e. The quantitative estimate of drug-likeness (QED) is 0.144. The molecule has 2 aromatic rings. The number of terminal acetylenes is 1. The van der Waals surface area contributed by atoms with Crippen LogP contribution in [0, 0.1) is 29.6 Å². The third kappa shape index (κ3) is 5.13. The molecule has 1 aliphatic heterocycles. The fraction of sp³-hybridized carbons (Fsp3) is 0.100. The zero-order chi connectivity index (χ0) is 21.8. The molecule has 2 amide bonds. The van der Waals surface area contributed by atoms with Crippen molar-refractivity contribution in [3.05, 3.63) is 69.7 Å². The van der Waals surface area contributed by atoms with E-state index in [4.69, 9.17) is 11.2 Å². The van der Waals surface area contributed by atoms with E-state index in [1.165, 1.54) is 18.2 Å². The van der Waals surface area contributed by atoms with Gasteiger partial charge in [0.15, 0.2) is 0 Å². The van der Waals surface area contributed by atoms with Gasteiger partial charge in [-0.2, -0.15) is 0 Å². The Hall–Kier alpha value is -2.11. The number of carbonyl (C=O) groups excluding carboxylic acids is 2. The number of thioether (sulfide) groups is 1. The lowest BCUT2D eigenvalue weighted by Gasteiger charge is -2.12. The topological polar surface area (TPSA) is 89.8 Å². The molecule has 1 heterocycles. The van der Waals surface area contributed by atoms with Gasteiger partial charge in [0.2, 0.25) is 0 Å². The largest absolute Gasteiger partial charge is 0.479 e. The minimum absolute atomic E-state index is 0.0301. The van der Waals surface area contributed by atoms with E-state index < -0.39 is 16.1 Å². The molecule has 1 saturated heterocycles. The number of nitro groups is 1. The predicted octanol–water partition coefficient (Wildman–Crippen LogP) is 5.05. The van der Waals surface area contributed by atoms with Crippen LogP contribution in [0.25, 0.3) is 6.08 Å². The molecule has 0 bridgehead atoms. The van der Waals surface area contributed by atoms with E-state index in [0.717, 1.165) is 29.4 Å². The number of ether oxygens (including phenoxy) is 1. The van der Waals surface area contributed by atoms with E-state index in [9.17, 15) is 19.7 Å². The van der Waals surface area contributed by atoms with Crippen molar-refractivity contribution in [2.24, 2.45) is 0 Å². The summed E-state index contributed by atoms with van der Waals surface area (Å²) in [5, 5.41) is 10.5. The molecular weight excluding hydrogens is 634 g/mol. The van der Waals surface area contributed by atoms with Gasteiger partial charge in [-0.3, -0.25) is 24.6 Å². The van der Waals surface area contributed by atoms with Crippen LogP contribution < -0.4 is 4.74 Å². The maximum absolute atomic E-state index is 12.8. The third-order valence-electron chi connectivity index (χ3n) is 3.95. The van der Waals surface area contributed by atoms with Crippen molar-refractivity contribution in [2.45, 2.75) is 6.54 Å². The standard InChI is InChI=1S/C20H12I2N2O5S/c1-2-6-29-18-15(21)8-13(9-16(18)22)10-17-19(25)23(20(26)30-17)11-12-4-3-5-14(7-12)24(27)28/h1,3-5,7-10H,6,11H2/b17-10+. The van der Waals surface area contributed by atoms with Crippen LogP contribution in [-0.4, -0.2) is 27.6 Å². The van der Waals surface area contributed by atoms with Gasteiger partial charge in [0.05, 0.1) is 23.5 Å². The number of rotatable bonds is 6. The number of carbonyl (C=O) groups is 2. The Morgan fingerprint density at radius 2 is 1.93 bits per heavy atom. The van der Waals surface area contributed by atoms with Crippen molar-refractivity contribution in [3.8, 4) is 18.1 Å². The van der Waals surface area contributed by atoms with Gasteiger partial charge in [0.25, 0.3) is 16.8 Å². The van der Waals surface area contributed by atoms with Crippen molar-refractivity contribution >= 4 is 79.9 Å². The number of amides is 2. The summed E-state index contributed by atoms with van der Waals surface area (Å²) in [4.78, 5) is 36.9. The Bertz CT molecular complexity index is 1100. The van der Waals surface area contributed by atoms with E-state index >= 15 is 0 Å². The highest BCUT2D eigenvalue weighted by molar-refractivity contribution is 14.1. The second-order valence-corrected chi connectivity index (χ2v) is 9.32. The van der Waals surface area contributed by atoms with Crippen LogP contribution in [0.2, 0.25) is 0 Å². The van der Waals surface area contributed by atoms with E-state index in [1.54, 1.807) is 12.1 Å². The first kappa shape index (κ1) is 22.6. The minimum atomic E-state index is -0.516. The Morgan fingerprint density at radius 1 is 1.23 bits per heavy atom. The van der Waals surface area contributed by atoms with E-state index in [1.807, 2.05) is 12.1 Å². The van der Waals surface area contributed by atoms with Gasteiger partial charge >= 0.3 is 0 Å². The number of nitro benzene ring substituents is 1. The third-order valence-corrected chi connectivity index (χ3v) is 6.46. The highest BCUT2D eigenvalue weighted by atomic mass is 127. The molecule has 0 aromatic heterocycles. The Labute approximate surface area is 203 Å². The Morgan fingerprint density at radius 3 is 2.57 bits per heavy atom. The minimum Gasteiger partial charge on any atom is -0.479 e. The number of hydrogen-bond donors (Lipinski definition) is 0. The molecule has 0 radical (unpaired) electrons. The van der Waals surface area contributed by atoms with Crippen LogP contribution in [0.5, 0.6) is 5.75 Å². The zero-order valence-electron chi connectivity index (χ0n) is 15.1. The lowest BCUT2D eigenvalue weighted by atomic mass is 10.2. The van der Waals surface area contributed by atoms with Crippen molar-refractivity contribution in [2.75, 3.05) is 6.61 Å². The number of non-ortho nitro benzene ring substituents is 1. The van der Waals surface area contributed by atoms with Crippen molar-refractivity contribution < 1.29 is 19.2 Å². The molecule has 7 nitrogen and oxygen atoms in total. The second kappa shape index (κ2) is 9.80. The predicted molar refractivity (Wildman–Crippen MR) is 131 cm³/mol. The van der Waals surface area contributed by atoms with Gasteiger partial charge in [-0.05, 0) is 86.3 Å². The van der Waals surface area contributed by atoms with Gasteiger partial charge in [0.1, 0.15) is 12.4 Å². The molecule has 0 saturated carbocycles. The molecule has 0 unspecified atom stereocenters. The maximum atomic E-state index is 12.8. The molecule has 0 aliphatic carbocycles. The molecule has 2 aromatic carbocycles. The fourth-order valence-electron chi connectivity index (χ4n) is 2.65. The van der Waals surface area contributed by atoms with Crippen molar-refractivity contribution in [3.63, 3.8) is 0 Å². The van der Waals surface area contributed by atoms with E-state index in [2.05, 4.69) is 51.1 Å². The second-order valence-electron chi connectivity index (χ2n) is 6.00. The van der Waals surface area contributed by atoms with Crippen LogP contribution in [0.1, 0.15) is 11.1 Å². The average molecular weight is 646 g/mol. The number of hydrogen-bond acceptors (Lipinski definition) is 6. The fourth-order valence-corrected chi connectivity index (χ4v) is 5.62. The molecule has 0 spiro atoms. The van der Waals surface area contributed by atoms with Crippen molar-refractivity contribution in [1.82, 2.24) is 4.90 Å². The number of halogens is 2. The lowest BCUT2D eigenvalue weighted by Crippen LogP contribution is -2.27. The van der Waals surface area contributed by atoms with Crippen LogP contribution in [0.3, 0.4) is 0 Å². The van der Waals surface area contributed by atoms with Gasteiger partial charge in [-0.15, -0.1) is 6.42 Å². The lowest BCUT2D eigenvalue weighted by molar-refractivity contribution is -0.384. The van der Waals surface area contributed by atoms with Gasteiger partial charge < -0.3 is 4.74 Å². The number of benzene rings is 2. The summed E-state index contributed by atoms with van der Waals surface area (Å²) in [6, 6.07) is 9.55. The molecule has 0 atom stereocenters. The average Bonchev–Trinajstić information content (AvgIpc) is 2.95. The molecule has 3 rings (SSSR count). The summed E-state index contributed by atoms with van der Waals surface area (Å²) in [5.41, 5.74) is 1.16. The number of nitrogens with zero attached hydrogens (tertiary/aromatic N) is 2. The summed E-state index contributed by atoms with van der Waals surface area (Å²) < 4.78 is 7.20. The summed E-state index contributed by atoms with van der Waals surface area (Å²) in [5.74, 6) is 2.66. The van der Waals surface area contributed by atoms with Gasteiger partial charge in [-0.25, -0.2) is 0 Å². The first-order chi connectivity index (χ1) is 14.3. The molecule has 10 heteroatoms. The molecule has 152 valence electrons. The molecule has 1 aliphatic rings. The molecule has 0 N–H and O–H groups in total. The summed E-state index contributed by atoms with van der Waals surface area (Å²) in [7, 11) is 0. The van der Waals surface area contributed by atoms with E-state index in [0.29, 0.717) is 11.3 Å². The van der Waals surface area contributed by atoms with Gasteiger partial charge in [-0.1, -0.05) is 18.1 Å². The molecular formula is C20H12I2N2O5S. The first-order valence-electron chi connectivity index (χ1n) is 8.34. The number of imide groups is 1. The highest BCUT2D eigenvalue weighted by Crippen LogP contribution is 2.35. The normalized spacial score (nSPS) is 14.8. The Balaban J connectivity index is 1.82. The zero-order valence-corrected chi connectivity index (χ0v) is 20.3. The maximum Gasteiger partial charge on any atom is 0.293 e. The molecule has 30 heavy (non-hydrogen) atoms. The monoisotopic (exact) mass is 646 g/mol. The molecule has 1 fully saturated rings. The SMILES string of the molecule is C#CCOc1c(I)cc(/C=C2/SC(=O)N(Cc3cccc([N+](=O)[O-])c3)C2=O)cc1I. The van der Waals surface area contributed by atoms with E-state index in [-0.39, 0.29) is 23.7 Å².